The number of hydrogen-bond acceptors (Lipinski definition) is 7. The number of nitrogens with one attached hydrogen (secondary N) is 1. The number of aromatic amines is 1. The molecule has 4 rings (SSSR count). The van der Waals surface area contributed by atoms with E-state index in [9.17, 15) is 4.79 Å². The molecule has 3 heterocycles. The molecule has 0 saturated carbocycles. The van der Waals surface area contributed by atoms with Crippen LogP contribution in [-0.4, -0.2) is 56.0 Å². The quantitative estimate of drug-likeness (QED) is 0.510. The Bertz CT molecular complexity index is 1160. The van der Waals surface area contributed by atoms with Gasteiger partial charge in [-0.15, -0.1) is 5.10 Å². The number of aromatic nitrogens is 5. The van der Waals surface area contributed by atoms with Crippen LogP contribution in [0.15, 0.2) is 29.1 Å². The summed E-state index contributed by atoms with van der Waals surface area (Å²) in [7, 11) is 0. The summed E-state index contributed by atoms with van der Waals surface area (Å²) in [5.74, 6) is 1.60. The van der Waals surface area contributed by atoms with Crippen LogP contribution < -0.4 is 10.3 Å². The van der Waals surface area contributed by atoms with Crippen LogP contribution in [0.2, 0.25) is 0 Å². The molecule has 2 aromatic heterocycles. The molecular formula is C25H36N6O3. The fourth-order valence-electron chi connectivity index (χ4n) is 4.66. The highest BCUT2D eigenvalue weighted by molar-refractivity contribution is 5.80. The number of fused-ring (bicyclic) bond motifs is 1. The minimum atomic E-state index is -0.252. The normalized spacial score (nSPS) is 17.5. The monoisotopic (exact) mass is 468 g/mol. The van der Waals surface area contributed by atoms with Crippen molar-refractivity contribution in [2.45, 2.75) is 78.1 Å². The van der Waals surface area contributed by atoms with E-state index in [0.29, 0.717) is 25.3 Å². The van der Waals surface area contributed by atoms with Crippen molar-refractivity contribution in [3.05, 3.63) is 46.0 Å². The highest BCUT2D eigenvalue weighted by Gasteiger charge is 2.31. The van der Waals surface area contributed by atoms with Crippen LogP contribution in [0.4, 0.5) is 0 Å². The molecule has 1 aliphatic rings. The van der Waals surface area contributed by atoms with E-state index in [1.807, 2.05) is 35.9 Å². The Morgan fingerprint density at radius 1 is 1.29 bits per heavy atom. The van der Waals surface area contributed by atoms with Crippen LogP contribution in [0, 0.1) is 0 Å². The van der Waals surface area contributed by atoms with E-state index in [-0.39, 0.29) is 23.2 Å². The van der Waals surface area contributed by atoms with Crippen molar-refractivity contribution in [2.75, 3.05) is 19.8 Å². The minimum absolute atomic E-state index is 0.0525. The molecule has 9 nitrogen and oxygen atoms in total. The molecule has 2 unspecified atom stereocenters. The van der Waals surface area contributed by atoms with Crippen molar-refractivity contribution in [3.63, 3.8) is 0 Å². The molecule has 1 saturated heterocycles. The number of H-pyrrole nitrogens is 1. The van der Waals surface area contributed by atoms with E-state index in [2.05, 4.69) is 53.1 Å². The maximum Gasteiger partial charge on any atom is 0.252 e. The first-order valence-corrected chi connectivity index (χ1v) is 12.2. The molecule has 0 spiro atoms. The van der Waals surface area contributed by atoms with Crippen LogP contribution in [-0.2, 0) is 16.8 Å². The Labute approximate surface area is 200 Å². The molecule has 184 valence electrons. The van der Waals surface area contributed by atoms with Gasteiger partial charge in [-0.3, -0.25) is 9.69 Å². The molecule has 3 aromatic rings. The van der Waals surface area contributed by atoms with Crippen LogP contribution in [0.1, 0.15) is 71.3 Å². The SMILES string of the molecule is CCOc1ccc2[nH]c(=O)c(CN(CC3CCCO3)C(CC)c3nnnn3C(C)(C)C)cc2c1. The summed E-state index contributed by atoms with van der Waals surface area (Å²) in [5.41, 5.74) is 1.16. The molecule has 1 N–H and O–H groups in total. The van der Waals surface area contributed by atoms with E-state index >= 15 is 0 Å². The zero-order chi connectivity index (χ0) is 24.3. The van der Waals surface area contributed by atoms with Gasteiger partial charge in [0.05, 0.1) is 24.3 Å². The van der Waals surface area contributed by atoms with Crippen molar-refractivity contribution in [2.24, 2.45) is 0 Å². The van der Waals surface area contributed by atoms with Gasteiger partial charge in [0, 0.05) is 36.2 Å². The zero-order valence-electron chi connectivity index (χ0n) is 20.9. The third-order valence-electron chi connectivity index (χ3n) is 6.29. The van der Waals surface area contributed by atoms with Gasteiger partial charge < -0.3 is 14.5 Å². The molecule has 1 fully saturated rings. The Kier molecular flexibility index (Phi) is 7.33. The molecule has 0 aliphatic carbocycles. The highest BCUT2D eigenvalue weighted by Crippen LogP contribution is 2.29. The van der Waals surface area contributed by atoms with E-state index in [4.69, 9.17) is 9.47 Å². The topological polar surface area (TPSA) is 98.2 Å². The van der Waals surface area contributed by atoms with Gasteiger partial charge in [-0.05, 0) is 81.6 Å². The average Bonchev–Trinajstić information content (AvgIpc) is 3.47. The Hall–Kier alpha value is -2.78. The van der Waals surface area contributed by atoms with Gasteiger partial charge in [0.15, 0.2) is 5.82 Å². The summed E-state index contributed by atoms with van der Waals surface area (Å²) < 4.78 is 13.5. The number of ether oxygens (including phenoxy) is 2. The van der Waals surface area contributed by atoms with E-state index in [1.54, 1.807) is 0 Å². The molecule has 0 amide bonds. The highest BCUT2D eigenvalue weighted by atomic mass is 16.5. The second kappa shape index (κ2) is 10.2. The maximum atomic E-state index is 13.0. The van der Waals surface area contributed by atoms with Gasteiger partial charge in [0.25, 0.3) is 5.56 Å². The third kappa shape index (κ3) is 5.31. The summed E-state index contributed by atoms with van der Waals surface area (Å²) in [6.07, 6.45) is 3.02. The molecule has 0 bridgehead atoms. The Balaban J connectivity index is 1.71. The number of pyridine rings is 1. The van der Waals surface area contributed by atoms with Crippen molar-refractivity contribution >= 4 is 10.9 Å². The summed E-state index contributed by atoms with van der Waals surface area (Å²) >= 11 is 0. The number of hydrogen-bond donors (Lipinski definition) is 1. The second-order valence-electron chi connectivity index (χ2n) is 9.91. The van der Waals surface area contributed by atoms with Crippen molar-refractivity contribution in [3.8, 4) is 5.75 Å². The molecule has 0 radical (unpaired) electrons. The van der Waals surface area contributed by atoms with Crippen LogP contribution in [0.5, 0.6) is 5.75 Å². The van der Waals surface area contributed by atoms with Crippen molar-refractivity contribution < 1.29 is 9.47 Å². The first-order chi connectivity index (χ1) is 16.3. The molecule has 9 heteroatoms. The lowest BCUT2D eigenvalue weighted by atomic mass is 10.1. The van der Waals surface area contributed by atoms with Crippen LogP contribution in [0.25, 0.3) is 10.9 Å². The lowest BCUT2D eigenvalue weighted by Crippen LogP contribution is -2.39. The lowest BCUT2D eigenvalue weighted by molar-refractivity contribution is 0.0478. The molecular weight excluding hydrogens is 432 g/mol. The summed E-state index contributed by atoms with van der Waals surface area (Å²) in [6, 6.07) is 7.66. The number of nitrogens with zero attached hydrogens (tertiary/aromatic N) is 5. The molecule has 1 aliphatic heterocycles. The smallest absolute Gasteiger partial charge is 0.252 e. The summed E-state index contributed by atoms with van der Waals surface area (Å²) in [4.78, 5) is 18.4. The summed E-state index contributed by atoms with van der Waals surface area (Å²) in [6.45, 7) is 12.9. The average molecular weight is 469 g/mol. The predicted molar refractivity (Wildman–Crippen MR) is 131 cm³/mol. The zero-order valence-corrected chi connectivity index (χ0v) is 20.9. The lowest BCUT2D eigenvalue weighted by Gasteiger charge is -2.33. The van der Waals surface area contributed by atoms with E-state index in [1.165, 1.54) is 0 Å². The number of tetrazole rings is 1. The predicted octanol–water partition coefficient (Wildman–Crippen LogP) is 3.80. The van der Waals surface area contributed by atoms with Crippen LogP contribution in [0.3, 0.4) is 0 Å². The van der Waals surface area contributed by atoms with E-state index < -0.39 is 0 Å². The fourth-order valence-corrected chi connectivity index (χ4v) is 4.66. The van der Waals surface area contributed by atoms with Gasteiger partial charge in [-0.2, -0.15) is 0 Å². The Morgan fingerprint density at radius 2 is 2.12 bits per heavy atom. The van der Waals surface area contributed by atoms with Crippen LogP contribution >= 0.6 is 0 Å². The maximum absolute atomic E-state index is 13.0. The van der Waals surface area contributed by atoms with Gasteiger partial charge in [0.2, 0.25) is 0 Å². The molecule has 2 atom stereocenters. The fraction of sp³-hybridized carbons (Fsp3) is 0.600. The van der Waals surface area contributed by atoms with Crippen molar-refractivity contribution in [1.82, 2.24) is 30.1 Å². The second-order valence-corrected chi connectivity index (χ2v) is 9.91. The minimum Gasteiger partial charge on any atom is -0.494 e. The largest absolute Gasteiger partial charge is 0.494 e. The van der Waals surface area contributed by atoms with Crippen molar-refractivity contribution in [1.29, 1.82) is 0 Å². The number of benzene rings is 1. The van der Waals surface area contributed by atoms with Gasteiger partial charge in [-0.25, -0.2) is 4.68 Å². The Morgan fingerprint density at radius 3 is 2.79 bits per heavy atom. The summed E-state index contributed by atoms with van der Waals surface area (Å²) in [5, 5.41) is 13.6. The molecule has 1 aromatic carbocycles. The van der Waals surface area contributed by atoms with Gasteiger partial charge >= 0.3 is 0 Å². The first kappa shape index (κ1) is 24.3. The number of rotatable bonds is 9. The standard InChI is InChI=1S/C25H36N6O3/c1-6-22(23-27-28-29-31(23)25(3,4)5)30(16-20-9-8-12-34-20)15-18-13-17-14-19(33-7-2)10-11-21(17)26-24(18)32/h10-11,13-14,20,22H,6-9,12,15-16H2,1-5H3,(H,26,32). The van der Waals surface area contributed by atoms with E-state index in [0.717, 1.165) is 48.3 Å². The van der Waals surface area contributed by atoms with Gasteiger partial charge in [0.1, 0.15) is 5.75 Å². The third-order valence-corrected chi connectivity index (χ3v) is 6.29. The first-order valence-electron chi connectivity index (χ1n) is 12.2. The molecule has 34 heavy (non-hydrogen) atoms. The van der Waals surface area contributed by atoms with Gasteiger partial charge in [-0.1, -0.05) is 6.92 Å².